The van der Waals surface area contributed by atoms with Gasteiger partial charge in [0.05, 0.1) is 10.7 Å². The average molecular weight is 302 g/mol. The molecule has 112 valence electrons. The summed E-state index contributed by atoms with van der Waals surface area (Å²) >= 11 is 1.51. The Morgan fingerprint density at radius 1 is 1.29 bits per heavy atom. The molecule has 1 N–H and O–H groups in total. The van der Waals surface area contributed by atoms with E-state index in [9.17, 15) is 4.79 Å². The third-order valence-electron chi connectivity index (χ3n) is 3.33. The zero-order valence-corrected chi connectivity index (χ0v) is 13.9. The van der Waals surface area contributed by atoms with Gasteiger partial charge in [-0.1, -0.05) is 38.1 Å². The summed E-state index contributed by atoms with van der Waals surface area (Å²) in [6, 6.07) is 8.10. The minimum Gasteiger partial charge on any atom is -0.347 e. The normalized spacial score (nSPS) is 10.9. The van der Waals surface area contributed by atoms with Gasteiger partial charge in [-0.05, 0) is 30.9 Å². The maximum absolute atomic E-state index is 12.3. The van der Waals surface area contributed by atoms with E-state index in [0.717, 1.165) is 27.6 Å². The van der Waals surface area contributed by atoms with Crippen molar-refractivity contribution < 1.29 is 4.79 Å². The lowest BCUT2D eigenvalue weighted by Crippen LogP contribution is -2.22. The maximum Gasteiger partial charge on any atom is 0.263 e. The van der Waals surface area contributed by atoms with Crippen molar-refractivity contribution in [2.75, 3.05) is 0 Å². The number of hydrogen-bond donors (Lipinski definition) is 1. The van der Waals surface area contributed by atoms with E-state index in [4.69, 9.17) is 0 Å². The van der Waals surface area contributed by atoms with Crippen LogP contribution in [0.1, 0.15) is 45.3 Å². The molecule has 1 heterocycles. The lowest BCUT2D eigenvalue weighted by molar-refractivity contribution is 0.0954. The molecule has 1 amide bonds. The molecule has 0 aliphatic heterocycles. The Balaban J connectivity index is 2.04. The van der Waals surface area contributed by atoms with E-state index in [0.29, 0.717) is 12.5 Å². The minimum absolute atomic E-state index is 0.0248. The predicted octanol–water partition coefficient (Wildman–Crippen LogP) is 3.89. The molecule has 3 nitrogen and oxygen atoms in total. The van der Waals surface area contributed by atoms with Crippen LogP contribution in [0.3, 0.4) is 0 Å². The molecule has 0 saturated heterocycles. The van der Waals surface area contributed by atoms with Crippen LogP contribution in [-0.4, -0.2) is 10.9 Å². The number of amides is 1. The first-order chi connectivity index (χ1) is 9.97. The van der Waals surface area contributed by atoms with Gasteiger partial charge in [0.15, 0.2) is 0 Å². The van der Waals surface area contributed by atoms with Crippen LogP contribution in [0.5, 0.6) is 0 Å². The molecule has 0 aliphatic rings. The molecule has 0 aliphatic carbocycles. The summed E-state index contributed by atoms with van der Waals surface area (Å²) in [5, 5.41) is 4.04. The highest BCUT2D eigenvalue weighted by Crippen LogP contribution is 2.20. The smallest absolute Gasteiger partial charge is 0.263 e. The summed E-state index contributed by atoms with van der Waals surface area (Å²) in [4.78, 5) is 17.5. The van der Waals surface area contributed by atoms with Crippen LogP contribution in [0.25, 0.3) is 0 Å². The SMILES string of the molecule is Cc1ccccc1CNC(=O)c1sc(CC(C)C)nc1C. The van der Waals surface area contributed by atoms with Gasteiger partial charge < -0.3 is 5.32 Å². The van der Waals surface area contributed by atoms with Crippen molar-refractivity contribution in [2.24, 2.45) is 5.92 Å². The first kappa shape index (κ1) is 15.7. The van der Waals surface area contributed by atoms with Crippen LogP contribution in [0.4, 0.5) is 0 Å². The van der Waals surface area contributed by atoms with Crippen molar-refractivity contribution in [1.29, 1.82) is 0 Å². The number of benzene rings is 1. The highest BCUT2D eigenvalue weighted by molar-refractivity contribution is 7.13. The van der Waals surface area contributed by atoms with Crippen molar-refractivity contribution in [2.45, 2.75) is 40.7 Å². The van der Waals surface area contributed by atoms with Crippen LogP contribution < -0.4 is 5.32 Å². The zero-order chi connectivity index (χ0) is 15.4. The fourth-order valence-electron chi connectivity index (χ4n) is 2.16. The highest BCUT2D eigenvalue weighted by atomic mass is 32.1. The van der Waals surface area contributed by atoms with Gasteiger partial charge in [0.25, 0.3) is 5.91 Å². The summed E-state index contributed by atoms with van der Waals surface area (Å²) < 4.78 is 0. The second-order valence-corrected chi connectivity index (χ2v) is 6.81. The minimum atomic E-state index is -0.0248. The maximum atomic E-state index is 12.3. The molecule has 0 fully saturated rings. The second-order valence-electron chi connectivity index (χ2n) is 5.73. The Labute approximate surface area is 130 Å². The fraction of sp³-hybridized carbons (Fsp3) is 0.412. The fourth-order valence-corrected chi connectivity index (χ4v) is 3.36. The summed E-state index contributed by atoms with van der Waals surface area (Å²) in [6.45, 7) is 8.84. The Morgan fingerprint density at radius 2 is 2.00 bits per heavy atom. The van der Waals surface area contributed by atoms with Gasteiger partial charge >= 0.3 is 0 Å². The molecule has 1 aromatic carbocycles. The highest BCUT2D eigenvalue weighted by Gasteiger charge is 2.15. The van der Waals surface area contributed by atoms with Crippen LogP contribution in [0.15, 0.2) is 24.3 Å². The Hall–Kier alpha value is -1.68. The van der Waals surface area contributed by atoms with Crippen molar-refractivity contribution >= 4 is 17.2 Å². The second kappa shape index (κ2) is 6.85. The lowest BCUT2D eigenvalue weighted by Gasteiger charge is -2.07. The third kappa shape index (κ3) is 4.14. The molecule has 0 radical (unpaired) electrons. The number of carbonyl (C=O) groups excluding carboxylic acids is 1. The molecular weight excluding hydrogens is 280 g/mol. The predicted molar refractivity (Wildman–Crippen MR) is 87.7 cm³/mol. The molecular formula is C17H22N2OS. The standard InChI is InChI=1S/C17H22N2OS/c1-11(2)9-15-19-13(4)16(21-15)17(20)18-10-14-8-6-5-7-12(14)3/h5-8,11H,9-10H2,1-4H3,(H,18,20). The molecule has 0 bridgehead atoms. The van der Waals surface area contributed by atoms with Crippen molar-refractivity contribution in [1.82, 2.24) is 10.3 Å². The lowest BCUT2D eigenvalue weighted by atomic mass is 10.1. The van der Waals surface area contributed by atoms with Crippen LogP contribution >= 0.6 is 11.3 Å². The van der Waals surface area contributed by atoms with E-state index >= 15 is 0 Å². The largest absolute Gasteiger partial charge is 0.347 e. The number of hydrogen-bond acceptors (Lipinski definition) is 3. The van der Waals surface area contributed by atoms with Gasteiger partial charge in [-0.2, -0.15) is 0 Å². The number of nitrogens with one attached hydrogen (secondary N) is 1. The molecule has 21 heavy (non-hydrogen) atoms. The van der Waals surface area contributed by atoms with E-state index in [1.165, 1.54) is 16.9 Å². The van der Waals surface area contributed by atoms with E-state index < -0.39 is 0 Å². The number of nitrogens with zero attached hydrogens (tertiary/aromatic N) is 1. The van der Waals surface area contributed by atoms with Crippen molar-refractivity contribution in [3.8, 4) is 0 Å². The topological polar surface area (TPSA) is 42.0 Å². The van der Waals surface area contributed by atoms with E-state index in [2.05, 4.69) is 37.1 Å². The van der Waals surface area contributed by atoms with Crippen molar-refractivity contribution in [3.05, 3.63) is 51.0 Å². The summed E-state index contributed by atoms with van der Waals surface area (Å²) in [7, 11) is 0. The molecule has 1 aromatic heterocycles. The van der Waals surface area contributed by atoms with Gasteiger partial charge in [-0.15, -0.1) is 11.3 Å². The van der Waals surface area contributed by atoms with Gasteiger partial charge in [0.2, 0.25) is 0 Å². The zero-order valence-electron chi connectivity index (χ0n) is 13.1. The Kier molecular flexibility index (Phi) is 5.12. The summed E-state index contributed by atoms with van der Waals surface area (Å²) in [5.41, 5.74) is 3.17. The molecule has 4 heteroatoms. The van der Waals surface area contributed by atoms with Crippen molar-refractivity contribution in [3.63, 3.8) is 0 Å². The number of carbonyl (C=O) groups is 1. The molecule has 2 aromatic rings. The van der Waals surface area contributed by atoms with Gasteiger partial charge in [-0.3, -0.25) is 4.79 Å². The van der Waals surface area contributed by atoms with E-state index in [-0.39, 0.29) is 5.91 Å². The number of thiazole rings is 1. The van der Waals surface area contributed by atoms with Gasteiger partial charge in [0.1, 0.15) is 4.88 Å². The van der Waals surface area contributed by atoms with Crippen LogP contribution in [0.2, 0.25) is 0 Å². The van der Waals surface area contributed by atoms with E-state index in [1.807, 2.05) is 25.1 Å². The van der Waals surface area contributed by atoms with Crippen LogP contribution in [-0.2, 0) is 13.0 Å². The van der Waals surface area contributed by atoms with Gasteiger partial charge in [-0.25, -0.2) is 4.98 Å². The average Bonchev–Trinajstić information content (AvgIpc) is 2.77. The summed E-state index contributed by atoms with van der Waals surface area (Å²) in [6.07, 6.45) is 0.927. The molecule has 0 unspecified atom stereocenters. The number of rotatable bonds is 5. The monoisotopic (exact) mass is 302 g/mol. The molecule has 2 rings (SSSR count). The first-order valence-electron chi connectivity index (χ1n) is 7.26. The van der Waals surface area contributed by atoms with E-state index in [1.54, 1.807) is 0 Å². The number of aryl methyl sites for hydroxylation is 2. The molecule has 0 atom stereocenters. The van der Waals surface area contributed by atoms with Crippen LogP contribution in [0, 0.1) is 19.8 Å². The Morgan fingerprint density at radius 3 is 2.67 bits per heavy atom. The van der Waals surface area contributed by atoms with Gasteiger partial charge in [0, 0.05) is 13.0 Å². The quantitative estimate of drug-likeness (QED) is 0.910. The molecule has 0 spiro atoms. The first-order valence-corrected chi connectivity index (χ1v) is 8.08. The summed E-state index contributed by atoms with van der Waals surface area (Å²) in [5.74, 6) is 0.529. The third-order valence-corrected chi connectivity index (χ3v) is 4.51. The molecule has 0 saturated carbocycles. The number of aromatic nitrogens is 1. The Bertz CT molecular complexity index is 631.